The van der Waals surface area contributed by atoms with E-state index in [-0.39, 0.29) is 17.7 Å². The zero-order valence-electron chi connectivity index (χ0n) is 18.1. The highest BCUT2D eigenvalue weighted by atomic mass is 16.5. The summed E-state index contributed by atoms with van der Waals surface area (Å²) in [5.74, 6) is 0.610. The van der Waals surface area contributed by atoms with Gasteiger partial charge < -0.3 is 14.7 Å². The van der Waals surface area contributed by atoms with E-state index in [1.807, 2.05) is 54.6 Å². The molecule has 0 radical (unpaired) electrons. The fraction of sp³-hybridized carbons (Fsp3) is 0.222. The first-order valence-corrected chi connectivity index (χ1v) is 10.5. The van der Waals surface area contributed by atoms with Crippen molar-refractivity contribution in [1.29, 1.82) is 0 Å². The molecule has 0 aliphatic carbocycles. The van der Waals surface area contributed by atoms with Gasteiger partial charge in [-0.15, -0.1) is 0 Å². The van der Waals surface area contributed by atoms with E-state index >= 15 is 0 Å². The minimum atomic E-state index is -0.373. The van der Waals surface area contributed by atoms with E-state index in [0.717, 1.165) is 22.4 Å². The molecular formula is C27H27NO3. The molecule has 3 aromatic rings. The van der Waals surface area contributed by atoms with Crippen molar-refractivity contribution in [2.24, 2.45) is 0 Å². The summed E-state index contributed by atoms with van der Waals surface area (Å²) >= 11 is 0. The first kappa shape index (κ1) is 20.7. The highest BCUT2D eigenvalue weighted by Gasteiger charge is 2.41. The van der Waals surface area contributed by atoms with E-state index in [0.29, 0.717) is 18.0 Å². The van der Waals surface area contributed by atoms with Crippen LogP contribution < -0.4 is 4.74 Å². The number of hydrogen-bond acceptors (Lipinski definition) is 3. The van der Waals surface area contributed by atoms with Crippen LogP contribution in [0.1, 0.15) is 48.1 Å². The fourth-order valence-corrected chi connectivity index (χ4v) is 4.11. The highest BCUT2D eigenvalue weighted by molar-refractivity contribution is 6.05. The standard InChI is InChI=1S/C27H27NO3/c1-18(2)20-12-14-22(15-13-20)25-24(21-9-5-4-6-10-21)26(29)27(30)28(25)17-19-8-7-11-23(16-19)31-3/h4-16,18,25,29H,17H2,1-3H3/t25-/m1/s1. The topological polar surface area (TPSA) is 49.8 Å². The normalized spacial score (nSPS) is 16.3. The van der Waals surface area contributed by atoms with E-state index < -0.39 is 0 Å². The number of carbonyl (C=O) groups excluding carboxylic acids is 1. The number of aliphatic hydroxyl groups excluding tert-OH is 1. The van der Waals surface area contributed by atoms with Crippen LogP contribution in [-0.2, 0) is 11.3 Å². The molecule has 1 N–H and O–H groups in total. The molecular weight excluding hydrogens is 386 g/mol. The largest absolute Gasteiger partial charge is 0.503 e. The monoisotopic (exact) mass is 413 g/mol. The van der Waals surface area contributed by atoms with E-state index in [9.17, 15) is 9.90 Å². The number of nitrogens with zero attached hydrogens (tertiary/aromatic N) is 1. The van der Waals surface area contributed by atoms with E-state index in [2.05, 4.69) is 38.1 Å². The maximum atomic E-state index is 13.2. The molecule has 0 aromatic heterocycles. The Morgan fingerprint density at radius 1 is 0.968 bits per heavy atom. The molecule has 0 bridgehead atoms. The van der Waals surface area contributed by atoms with Crippen molar-refractivity contribution >= 4 is 11.5 Å². The summed E-state index contributed by atoms with van der Waals surface area (Å²) in [6, 6.07) is 25.3. The first-order chi connectivity index (χ1) is 15.0. The van der Waals surface area contributed by atoms with Crippen molar-refractivity contribution in [1.82, 2.24) is 4.90 Å². The Hall–Kier alpha value is -3.53. The highest BCUT2D eigenvalue weighted by Crippen LogP contribution is 2.44. The van der Waals surface area contributed by atoms with Crippen LogP contribution in [0.3, 0.4) is 0 Å². The summed E-state index contributed by atoms with van der Waals surface area (Å²) in [5.41, 5.74) is 4.65. The SMILES string of the molecule is COc1cccc(CN2C(=O)C(O)=C(c3ccccc3)[C@H]2c2ccc(C(C)C)cc2)c1. The summed E-state index contributed by atoms with van der Waals surface area (Å²) in [6.07, 6.45) is 0. The number of ether oxygens (including phenoxy) is 1. The second-order valence-electron chi connectivity index (χ2n) is 8.14. The molecule has 0 unspecified atom stereocenters. The van der Waals surface area contributed by atoms with Crippen molar-refractivity contribution in [3.8, 4) is 5.75 Å². The molecule has 31 heavy (non-hydrogen) atoms. The third kappa shape index (κ3) is 4.06. The lowest BCUT2D eigenvalue weighted by Gasteiger charge is -2.28. The number of benzene rings is 3. The Kier molecular flexibility index (Phi) is 5.81. The number of aliphatic hydroxyl groups is 1. The van der Waals surface area contributed by atoms with Gasteiger partial charge in [0.05, 0.1) is 13.2 Å². The van der Waals surface area contributed by atoms with Gasteiger partial charge in [-0.2, -0.15) is 0 Å². The number of amides is 1. The number of carbonyl (C=O) groups is 1. The van der Waals surface area contributed by atoms with Crippen LogP contribution in [0.5, 0.6) is 5.75 Å². The Balaban J connectivity index is 1.78. The van der Waals surface area contributed by atoms with Crippen LogP contribution in [-0.4, -0.2) is 23.0 Å². The van der Waals surface area contributed by atoms with Crippen LogP contribution in [0.15, 0.2) is 84.6 Å². The van der Waals surface area contributed by atoms with Crippen LogP contribution in [0, 0.1) is 0 Å². The molecule has 0 spiro atoms. The van der Waals surface area contributed by atoms with E-state index in [1.54, 1.807) is 12.0 Å². The summed E-state index contributed by atoms with van der Waals surface area (Å²) in [5, 5.41) is 10.9. The van der Waals surface area contributed by atoms with Gasteiger partial charge in [-0.1, -0.05) is 80.6 Å². The minimum Gasteiger partial charge on any atom is -0.503 e. The first-order valence-electron chi connectivity index (χ1n) is 10.5. The molecule has 1 heterocycles. The lowest BCUT2D eigenvalue weighted by atomic mass is 9.91. The van der Waals surface area contributed by atoms with Gasteiger partial charge in [-0.05, 0) is 40.3 Å². The second-order valence-corrected chi connectivity index (χ2v) is 8.14. The van der Waals surface area contributed by atoms with Gasteiger partial charge in [0.2, 0.25) is 0 Å². The summed E-state index contributed by atoms with van der Waals surface area (Å²) in [7, 11) is 1.63. The molecule has 1 aliphatic rings. The van der Waals surface area contributed by atoms with Gasteiger partial charge in [0.1, 0.15) is 5.75 Å². The van der Waals surface area contributed by atoms with Crippen molar-refractivity contribution in [2.75, 3.05) is 7.11 Å². The molecule has 1 aliphatic heterocycles. The Labute approximate surface area is 183 Å². The van der Waals surface area contributed by atoms with Crippen molar-refractivity contribution in [3.05, 3.63) is 107 Å². The molecule has 158 valence electrons. The van der Waals surface area contributed by atoms with Crippen molar-refractivity contribution in [3.63, 3.8) is 0 Å². The van der Waals surface area contributed by atoms with Gasteiger partial charge in [0.15, 0.2) is 5.76 Å². The van der Waals surface area contributed by atoms with Crippen molar-refractivity contribution < 1.29 is 14.6 Å². The quantitative estimate of drug-likeness (QED) is 0.550. The van der Waals surface area contributed by atoms with Crippen LogP contribution in [0.4, 0.5) is 0 Å². The van der Waals surface area contributed by atoms with Crippen molar-refractivity contribution in [2.45, 2.75) is 32.4 Å². The second kappa shape index (κ2) is 8.68. The van der Waals surface area contributed by atoms with Crippen LogP contribution in [0.25, 0.3) is 5.57 Å². The molecule has 4 rings (SSSR count). The molecule has 3 aromatic carbocycles. The molecule has 4 nitrogen and oxygen atoms in total. The van der Waals surface area contributed by atoms with Gasteiger partial charge in [-0.25, -0.2) is 0 Å². The maximum Gasteiger partial charge on any atom is 0.290 e. The number of methoxy groups -OCH3 is 1. The zero-order chi connectivity index (χ0) is 22.0. The smallest absolute Gasteiger partial charge is 0.290 e. The molecule has 4 heteroatoms. The molecule has 0 fully saturated rings. The summed E-state index contributed by atoms with van der Waals surface area (Å²) < 4.78 is 5.34. The third-order valence-electron chi connectivity index (χ3n) is 5.79. The molecule has 0 saturated heterocycles. The van der Waals surface area contributed by atoms with E-state index in [1.165, 1.54) is 5.56 Å². The lowest BCUT2D eigenvalue weighted by molar-refractivity contribution is -0.130. The molecule has 1 amide bonds. The minimum absolute atomic E-state index is 0.188. The Morgan fingerprint density at radius 2 is 1.68 bits per heavy atom. The molecule has 1 atom stereocenters. The summed E-state index contributed by atoms with van der Waals surface area (Å²) in [4.78, 5) is 14.9. The van der Waals surface area contributed by atoms with Gasteiger partial charge in [0, 0.05) is 12.1 Å². The zero-order valence-corrected chi connectivity index (χ0v) is 18.1. The average Bonchev–Trinajstić information content (AvgIpc) is 3.04. The predicted octanol–water partition coefficient (Wildman–Crippen LogP) is 5.87. The Bertz CT molecular complexity index is 1100. The van der Waals surface area contributed by atoms with Gasteiger partial charge >= 0.3 is 0 Å². The van der Waals surface area contributed by atoms with E-state index in [4.69, 9.17) is 4.74 Å². The average molecular weight is 414 g/mol. The Morgan fingerprint density at radius 3 is 2.32 bits per heavy atom. The summed E-state index contributed by atoms with van der Waals surface area (Å²) in [6.45, 7) is 4.68. The predicted molar refractivity (Wildman–Crippen MR) is 123 cm³/mol. The number of rotatable bonds is 6. The van der Waals surface area contributed by atoms with Gasteiger partial charge in [0.25, 0.3) is 5.91 Å². The lowest BCUT2D eigenvalue weighted by Crippen LogP contribution is -2.29. The van der Waals surface area contributed by atoms with Crippen LogP contribution in [0.2, 0.25) is 0 Å². The van der Waals surface area contributed by atoms with Gasteiger partial charge in [-0.3, -0.25) is 4.79 Å². The molecule has 0 saturated carbocycles. The maximum absolute atomic E-state index is 13.2. The fourth-order valence-electron chi connectivity index (χ4n) is 4.11. The third-order valence-corrected chi connectivity index (χ3v) is 5.79. The number of hydrogen-bond donors (Lipinski definition) is 1. The van der Waals surface area contributed by atoms with Crippen LogP contribution >= 0.6 is 0 Å².